The van der Waals surface area contributed by atoms with E-state index < -0.39 is 97.5 Å². The Morgan fingerprint density at radius 1 is 0.290 bits per heavy atom. The predicted molar refractivity (Wildman–Crippen MR) is 408 cm³/mol. The van der Waals surface area contributed by atoms with Crippen LogP contribution in [0.3, 0.4) is 0 Å². The minimum atomic E-state index is -4.99. The summed E-state index contributed by atoms with van der Waals surface area (Å²) in [5, 5.41) is 10.6. The fourth-order valence-electron chi connectivity index (χ4n) is 9.74. The molecule has 100 heavy (non-hydrogen) atoms. The molecule has 3 N–H and O–H groups in total. The van der Waals surface area contributed by atoms with E-state index in [1.807, 2.05) is 0 Å². The third-order valence-electron chi connectivity index (χ3n) is 15.6. The second-order valence-electron chi connectivity index (χ2n) is 25.2. The summed E-state index contributed by atoms with van der Waals surface area (Å²) >= 11 is 0. The molecule has 0 saturated heterocycles. The summed E-state index contributed by atoms with van der Waals surface area (Å²) in [5.74, 6) is -2.27. The topological polar surface area (TPSA) is 237 Å². The Bertz CT molecular complexity index is 2420. The zero-order chi connectivity index (χ0) is 73.2. The van der Waals surface area contributed by atoms with Gasteiger partial charge in [-0.3, -0.25) is 37.3 Å². The standard InChI is InChI=1S/C81H136O17P2/c1-5-9-13-17-21-25-29-32-35-36-37-38-41-43-47-50-54-58-62-66-79(84)91-71-76(97-80(85)67-63-59-55-51-45-28-24-20-16-12-8-4)73-95-99(87,88)93-69-75(82)70-94-100(89,90)96-74-77(98-81(86)68-64-60-56-52-48-44-40-34-31-27-23-19-15-11-7-3)72-92-78(83)65-61-57-53-49-46-42-39-33-30-26-22-18-14-10-6-2/h9-10,13-14,20-27,32-35,37-40,46,49,75-77,82H,5-8,11-12,15-19,28-31,36,41-45,47-48,50-74H2,1-4H3,(H,87,88)(H,89,90)/b13-9-,14-10-,24-20-,25-21-,26-22-,27-23-,35-32-,38-37-,39-33-,40-34-,49-46-. The van der Waals surface area contributed by atoms with Crippen molar-refractivity contribution in [1.82, 2.24) is 0 Å². The number of esters is 4. The first-order valence-corrected chi connectivity index (χ1v) is 41.4. The van der Waals surface area contributed by atoms with E-state index in [0.29, 0.717) is 25.7 Å². The fraction of sp³-hybridized carbons (Fsp3) is 0.679. The van der Waals surface area contributed by atoms with Gasteiger partial charge in [0.1, 0.15) is 19.3 Å². The van der Waals surface area contributed by atoms with Gasteiger partial charge in [0.25, 0.3) is 0 Å². The smallest absolute Gasteiger partial charge is 0.462 e. The number of phosphoric acid groups is 2. The molecule has 0 aromatic heterocycles. The first-order valence-electron chi connectivity index (χ1n) is 38.4. The second kappa shape index (κ2) is 72.5. The summed E-state index contributed by atoms with van der Waals surface area (Å²) in [6.07, 6.45) is 80.2. The van der Waals surface area contributed by atoms with Crippen LogP contribution in [0.5, 0.6) is 0 Å². The monoisotopic (exact) mass is 1440 g/mol. The van der Waals surface area contributed by atoms with E-state index >= 15 is 0 Å². The molecular formula is C81H136O17P2. The lowest BCUT2D eigenvalue weighted by molar-refractivity contribution is -0.161. The predicted octanol–water partition coefficient (Wildman–Crippen LogP) is 22.1. The van der Waals surface area contributed by atoms with Crippen molar-refractivity contribution >= 4 is 39.5 Å². The summed E-state index contributed by atoms with van der Waals surface area (Å²) in [4.78, 5) is 72.8. The van der Waals surface area contributed by atoms with Crippen LogP contribution in [0, 0.1) is 0 Å². The van der Waals surface area contributed by atoms with Crippen molar-refractivity contribution in [1.29, 1.82) is 0 Å². The highest BCUT2D eigenvalue weighted by atomic mass is 31.2. The number of hydrogen-bond acceptors (Lipinski definition) is 15. The Morgan fingerprint density at radius 2 is 0.530 bits per heavy atom. The molecule has 0 rings (SSSR count). The molecule has 0 spiro atoms. The SMILES string of the molecule is CC/C=C\C/C=C\C/C=C\C/C=C\CCCCCCCCC(=O)OCC(COP(=O)(O)OCC(O)COP(=O)(O)OCC(COC(=O)CCCC/C=C\C/C=C\C/C=C\C/C=C\CC)OC(=O)CCCCCCC/C=C\C/C=C\CCCCC)OC(=O)CCCCCCC/C=C\CCCC. The van der Waals surface area contributed by atoms with Crippen molar-refractivity contribution in [2.24, 2.45) is 0 Å². The van der Waals surface area contributed by atoms with E-state index in [2.05, 4.69) is 161 Å². The van der Waals surface area contributed by atoms with Gasteiger partial charge in [-0.05, 0) is 154 Å². The molecule has 0 bridgehead atoms. The molecule has 0 aromatic carbocycles. The maximum atomic E-state index is 13.1. The van der Waals surface area contributed by atoms with Crippen LogP contribution in [0.1, 0.15) is 297 Å². The first kappa shape index (κ1) is 95.2. The Labute approximate surface area is 605 Å². The molecule has 0 heterocycles. The van der Waals surface area contributed by atoms with E-state index in [9.17, 15) is 43.2 Å². The average molecular weight is 1440 g/mol. The number of hydrogen-bond donors (Lipinski definition) is 3. The Balaban J connectivity index is 5.37. The van der Waals surface area contributed by atoms with E-state index in [0.717, 1.165) is 186 Å². The van der Waals surface area contributed by atoms with Crippen LogP contribution in [-0.2, 0) is 65.4 Å². The number of aliphatic hydroxyl groups is 1. The van der Waals surface area contributed by atoms with Gasteiger partial charge in [0.2, 0.25) is 0 Å². The quantitative estimate of drug-likeness (QED) is 0.0169. The van der Waals surface area contributed by atoms with Gasteiger partial charge in [0.15, 0.2) is 12.2 Å². The van der Waals surface area contributed by atoms with Crippen molar-refractivity contribution in [2.45, 2.75) is 316 Å². The zero-order valence-electron chi connectivity index (χ0n) is 62.3. The normalized spacial score (nSPS) is 14.7. The van der Waals surface area contributed by atoms with Crippen LogP contribution in [0.15, 0.2) is 134 Å². The molecule has 0 amide bonds. The number of unbranched alkanes of at least 4 members (excludes halogenated alkanes) is 23. The fourth-order valence-corrected chi connectivity index (χ4v) is 11.3. The maximum Gasteiger partial charge on any atom is 0.472 e. The molecule has 19 heteroatoms. The van der Waals surface area contributed by atoms with Crippen molar-refractivity contribution in [2.75, 3.05) is 39.6 Å². The van der Waals surface area contributed by atoms with Gasteiger partial charge >= 0.3 is 39.5 Å². The third-order valence-corrected chi connectivity index (χ3v) is 17.5. The van der Waals surface area contributed by atoms with Gasteiger partial charge in [-0.1, -0.05) is 251 Å². The zero-order valence-corrected chi connectivity index (χ0v) is 64.1. The van der Waals surface area contributed by atoms with Gasteiger partial charge < -0.3 is 33.8 Å². The molecule has 0 aliphatic carbocycles. The number of phosphoric ester groups is 2. The molecule has 5 atom stereocenters. The van der Waals surface area contributed by atoms with Crippen LogP contribution in [-0.4, -0.2) is 96.7 Å². The molecule has 5 unspecified atom stereocenters. The minimum absolute atomic E-state index is 0.0668. The van der Waals surface area contributed by atoms with Crippen molar-refractivity contribution in [3.8, 4) is 0 Å². The van der Waals surface area contributed by atoms with Crippen molar-refractivity contribution in [3.63, 3.8) is 0 Å². The number of ether oxygens (including phenoxy) is 4. The van der Waals surface area contributed by atoms with Gasteiger partial charge in [-0.15, -0.1) is 0 Å². The lowest BCUT2D eigenvalue weighted by atomic mass is 10.1. The van der Waals surface area contributed by atoms with E-state index in [4.69, 9.17) is 37.0 Å². The van der Waals surface area contributed by atoms with Crippen LogP contribution < -0.4 is 0 Å². The molecule has 0 aliphatic rings. The van der Waals surface area contributed by atoms with Crippen LogP contribution in [0.2, 0.25) is 0 Å². The van der Waals surface area contributed by atoms with Gasteiger partial charge in [-0.25, -0.2) is 9.13 Å². The summed E-state index contributed by atoms with van der Waals surface area (Å²) in [6, 6.07) is 0. The highest BCUT2D eigenvalue weighted by Crippen LogP contribution is 2.45. The lowest BCUT2D eigenvalue weighted by Gasteiger charge is -2.21. The van der Waals surface area contributed by atoms with Gasteiger partial charge in [0.05, 0.1) is 26.4 Å². The summed E-state index contributed by atoms with van der Waals surface area (Å²) in [6.45, 7) is 4.48. The van der Waals surface area contributed by atoms with Crippen molar-refractivity contribution in [3.05, 3.63) is 134 Å². The molecule has 17 nitrogen and oxygen atoms in total. The number of carbonyl (C=O) groups excluding carboxylic acids is 4. The highest BCUT2D eigenvalue weighted by molar-refractivity contribution is 7.47. The highest BCUT2D eigenvalue weighted by Gasteiger charge is 2.30. The Hall–Kier alpha value is -4.80. The van der Waals surface area contributed by atoms with E-state index in [1.54, 1.807) is 0 Å². The molecular weight excluding hydrogens is 1310 g/mol. The number of allylic oxidation sites excluding steroid dienone is 22. The maximum absolute atomic E-state index is 13.1. The Morgan fingerprint density at radius 3 is 0.860 bits per heavy atom. The summed E-state index contributed by atoms with van der Waals surface area (Å²) < 4.78 is 68.4. The van der Waals surface area contributed by atoms with Crippen LogP contribution in [0.4, 0.5) is 0 Å². The van der Waals surface area contributed by atoms with Crippen LogP contribution in [0.25, 0.3) is 0 Å². The lowest BCUT2D eigenvalue weighted by Crippen LogP contribution is -2.30. The van der Waals surface area contributed by atoms with E-state index in [-0.39, 0.29) is 25.7 Å². The average Bonchev–Trinajstić information content (AvgIpc) is 0.953. The van der Waals surface area contributed by atoms with E-state index in [1.165, 1.54) is 32.1 Å². The largest absolute Gasteiger partial charge is 0.472 e. The molecule has 0 aliphatic heterocycles. The summed E-state index contributed by atoms with van der Waals surface area (Å²) in [5.41, 5.74) is 0. The number of rotatable bonds is 71. The number of carbonyl (C=O) groups is 4. The van der Waals surface area contributed by atoms with Gasteiger partial charge in [0, 0.05) is 25.7 Å². The van der Waals surface area contributed by atoms with Crippen LogP contribution >= 0.6 is 15.6 Å². The van der Waals surface area contributed by atoms with Gasteiger partial charge in [-0.2, -0.15) is 0 Å². The molecule has 0 radical (unpaired) electrons. The first-order chi connectivity index (χ1) is 48.7. The molecule has 0 aromatic rings. The second-order valence-corrected chi connectivity index (χ2v) is 28.1. The Kier molecular flexibility index (Phi) is 69.1. The number of aliphatic hydroxyl groups excluding tert-OH is 1. The molecule has 572 valence electrons. The molecule has 0 saturated carbocycles. The van der Waals surface area contributed by atoms with Crippen molar-refractivity contribution < 1.29 is 80.2 Å². The summed E-state index contributed by atoms with van der Waals surface area (Å²) in [7, 11) is -9.97. The third kappa shape index (κ3) is 71.6. The molecule has 0 fully saturated rings. The minimum Gasteiger partial charge on any atom is -0.462 e.